The summed E-state index contributed by atoms with van der Waals surface area (Å²) in [4.78, 5) is 36.0. The highest BCUT2D eigenvalue weighted by molar-refractivity contribution is 6.04. The lowest BCUT2D eigenvalue weighted by molar-refractivity contribution is -0.144. The highest BCUT2D eigenvalue weighted by atomic mass is 16.5. The Morgan fingerprint density at radius 3 is 2.34 bits per heavy atom. The van der Waals surface area contributed by atoms with Crippen LogP contribution in [0.4, 0.5) is 5.69 Å². The number of ether oxygens (including phenoxy) is 1. The SMILES string of the molecule is CC(=O)N/C(=C/c1ccccc1)C(=O)OCC(=O)Nc1cccc2ccccc12. The minimum Gasteiger partial charge on any atom is -0.451 e. The number of rotatable bonds is 6. The third kappa shape index (κ3) is 5.52. The highest BCUT2D eigenvalue weighted by Crippen LogP contribution is 2.22. The van der Waals surface area contributed by atoms with Crippen LogP contribution in [0.5, 0.6) is 0 Å². The van der Waals surface area contributed by atoms with E-state index in [0.29, 0.717) is 11.3 Å². The molecule has 3 aromatic carbocycles. The highest BCUT2D eigenvalue weighted by Gasteiger charge is 2.15. The third-order valence-electron chi connectivity index (χ3n) is 4.04. The van der Waals surface area contributed by atoms with Crippen molar-refractivity contribution in [2.24, 2.45) is 0 Å². The summed E-state index contributed by atoms with van der Waals surface area (Å²) in [5.41, 5.74) is 1.31. The summed E-state index contributed by atoms with van der Waals surface area (Å²) < 4.78 is 5.09. The minimum absolute atomic E-state index is 0.0401. The van der Waals surface area contributed by atoms with Gasteiger partial charge in [0.1, 0.15) is 5.70 Å². The molecule has 0 saturated carbocycles. The first kappa shape index (κ1) is 19.8. The number of amides is 2. The molecule has 0 aliphatic heterocycles. The van der Waals surface area contributed by atoms with Crippen molar-refractivity contribution >= 4 is 40.3 Å². The van der Waals surface area contributed by atoms with Crippen molar-refractivity contribution in [1.82, 2.24) is 5.32 Å². The first-order chi connectivity index (χ1) is 14.0. The molecule has 0 radical (unpaired) electrons. The van der Waals surface area contributed by atoms with E-state index in [1.165, 1.54) is 13.0 Å². The summed E-state index contributed by atoms with van der Waals surface area (Å²) in [5, 5.41) is 7.06. The molecular weight excluding hydrogens is 368 g/mol. The zero-order chi connectivity index (χ0) is 20.6. The quantitative estimate of drug-likeness (QED) is 0.500. The monoisotopic (exact) mass is 388 g/mol. The topological polar surface area (TPSA) is 84.5 Å². The van der Waals surface area contributed by atoms with Gasteiger partial charge in [-0.3, -0.25) is 9.59 Å². The van der Waals surface area contributed by atoms with Crippen LogP contribution in [-0.2, 0) is 19.1 Å². The molecule has 6 heteroatoms. The average Bonchev–Trinajstić information content (AvgIpc) is 2.72. The first-order valence-corrected chi connectivity index (χ1v) is 9.02. The molecule has 0 bridgehead atoms. The van der Waals surface area contributed by atoms with Gasteiger partial charge >= 0.3 is 5.97 Å². The molecule has 3 aromatic rings. The number of hydrogen-bond donors (Lipinski definition) is 2. The molecule has 2 N–H and O–H groups in total. The molecule has 0 fully saturated rings. The van der Waals surface area contributed by atoms with Crippen molar-refractivity contribution in [3.05, 3.63) is 84.1 Å². The van der Waals surface area contributed by atoms with Crippen molar-refractivity contribution in [1.29, 1.82) is 0 Å². The molecule has 0 spiro atoms. The van der Waals surface area contributed by atoms with Crippen molar-refractivity contribution < 1.29 is 19.1 Å². The van der Waals surface area contributed by atoms with E-state index in [4.69, 9.17) is 4.74 Å². The van der Waals surface area contributed by atoms with E-state index in [-0.39, 0.29) is 5.70 Å². The predicted octanol–water partition coefficient (Wildman–Crippen LogP) is 3.50. The summed E-state index contributed by atoms with van der Waals surface area (Å²) in [6, 6.07) is 22.2. The van der Waals surface area contributed by atoms with Crippen molar-refractivity contribution in [2.75, 3.05) is 11.9 Å². The van der Waals surface area contributed by atoms with Gasteiger partial charge in [-0.05, 0) is 23.1 Å². The zero-order valence-corrected chi connectivity index (χ0v) is 15.8. The second kappa shape index (κ2) is 9.32. The maximum atomic E-state index is 12.4. The summed E-state index contributed by atoms with van der Waals surface area (Å²) in [7, 11) is 0. The lowest BCUT2D eigenvalue weighted by Gasteiger charge is -2.11. The largest absolute Gasteiger partial charge is 0.451 e. The van der Waals surface area contributed by atoms with Gasteiger partial charge in [0, 0.05) is 18.0 Å². The smallest absolute Gasteiger partial charge is 0.355 e. The fourth-order valence-corrected chi connectivity index (χ4v) is 2.78. The average molecular weight is 388 g/mol. The van der Waals surface area contributed by atoms with Crippen molar-refractivity contribution in [3.63, 3.8) is 0 Å². The van der Waals surface area contributed by atoms with Gasteiger partial charge in [0.15, 0.2) is 6.61 Å². The van der Waals surface area contributed by atoms with Gasteiger partial charge in [-0.1, -0.05) is 66.7 Å². The van der Waals surface area contributed by atoms with Crippen LogP contribution in [0, 0.1) is 0 Å². The molecule has 3 rings (SSSR count). The van der Waals surface area contributed by atoms with Crippen LogP contribution in [-0.4, -0.2) is 24.4 Å². The van der Waals surface area contributed by atoms with E-state index in [1.54, 1.807) is 30.3 Å². The standard InChI is InChI=1S/C23H20N2O4/c1-16(26)24-21(14-17-8-3-2-4-9-17)23(28)29-15-22(27)25-20-13-7-11-18-10-5-6-12-19(18)20/h2-14H,15H2,1H3,(H,24,26)(H,25,27)/b21-14+. The molecule has 0 heterocycles. The molecule has 29 heavy (non-hydrogen) atoms. The molecule has 0 saturated heterocycles. The van der Waals surface area contributed by atoms with Crippen LogP contribution in [0.25, 0.3) is 16.8 Å². The zero-order valence-electron chi connectivity index (χ0n) is 15.8. The Kier molecular flexibility index (Phi) is 6.37. The molecule has 0 aliphatic carbocycles. The molecule has 0 aliphatic rings. The fraction of sp³-hybridized carbons (Fsp3) is 0.0870. The second-order valence-electron chi connectivity index (χ2n) is 6.30. The van der Waals surface area contributed by atoms with Crippen LogP contribution < -0.4 is 10.6 Å². The van der Waals surface area contributed by atoms with Gasteiger partial charge < -0.3 is 15.4 Å². The second-order valence-corrected chi connectivity index (χ2v) is 6.30. The Hall–Kier alpha value is -3.93. The number of esters is 1. The Bertz CT molecular complexity index is 1070. The number of carbonyl (C=O) groups excluding carboxylic acids is 3. The lowest BCUT2D eigenvalue weighted by Crippen LogP contribution is -2.28. The van der Waals surface area contributed by atoms with Crippen LogP contribution >= 0.6 is 0 Å². The van der Waals surface area contributed by atoms with Gasteiger partial charge in [0.05, 0.1) is 0 Å². The molecule has 6 nitrogen and oxygen atoms in total. The Morgan fingerprint density at radius 2 is 1.59 bits per heavy atom. The van der Waals surface area contributed by atoms with E-state index in [0.717, 1.165) is 10.8 Å². The third-order valence-corrected chi connectivity index (χ3v) is 4.04. The van der Waals surface area contributed by atoms with E-state index >= 15 is 0 Å². The van der Waals surface area contributed by atoms with Gasteiger partial charge in [-0.25, -0.2) is 4.79 Å². The van der Waals surface area contributed by atoms with E-state index in [9.17, 15) is 14.4 Å². The fourth-order valence-electron chi connectivity index (χ4n) is 2.78. The Morgan fingerprint density at radius 1 is 0.897 bits per heavy atom. The Balaban J connectivity index is 1.66. The number of fused-ring (bicyclic) bond motifs is 1. The van der Waals surface area contributed by atoms with Crippen LogP contribution in [0.2, 0.25) is 0 Å². The first-order valence-electron chi connectivity index (χ1n) is 9.02. The molecular formula is C23H20N2O4. The molecule has 2 amide bonds. The maximum absolute atomic E-state index is 12.4. The summed E-state index contributed by atoms with van der Waals surface area (Å²) in [6.45, 7) is 0.813. The van der Waals surface area contributed by atoms with Gasteiger partial charge in [0.2, 0.25) is 5.91 Å². The normalized spacial score (nSPS) is 11.0. The minimum atomic E-state index is -0.794. The van der Waals surface area contributed by atoms with Crippen LogP contribution in [0.3, 0.4) is 0 Å². The predicted molar refractivity (Wildman–Crippen MR) is 112 cm³/mol. The van der Waals surface area contributed by atoms with E-state index < -0.39 is 24.4 Å². The van der Waals surface area contributed by atoms with Gasteiger partial charge in [-0.2, -0.15) is 0 Å². The number of nitrogens with one attached hydrogen (secondary N) is 2. The number of anilines is 1. The number of benzene rings is 3. The Labute approximate surface area is 168 Å². The molecule has 0 unspecified atom stereocenters. The van der Waals surface area contributed by atoms with E-state index in [1.807, 2.05) is 42.5 Å². The van der Waals surface area contributed by atoms with Crippen molar-refractivity contribution in [3.8, 4) is 0 Å². The number of hydrogen-bond acceptors (Lipinski definition) is 4. The summed E-state index contributed by atoms with van der Waals surface area (Å²) in [5.74, 6) is -1.68. The van der Waals surface area contributed by atoms with E-state index in [2.05, 4.69) is 10.6 Å². The van der Waals surface area contributed by atoms with Crippen LogP contribution in [0.1, 0.15) is 12.5 Å². The lowest BCUT2D eigenvalue weighted by atomic mass is 10.1. The summed E-state index contributed by atoms with van der Waals surface area (Å²) >= 11 is 0. The van der Waals surface area contributed by atoms with Gasteiger partial charge in [0.25, 0.3) is 5.91 Å². The van der Waals surface area contributed by atoms with Crippen LogP contribution in [0.15, 0.2) is 78.5 Å². The van der Waals surface area contributed by atoms with Crippen molar-refractivity contribution in [2.45, 2.75) is 6.92 Å². The summed E-state index contributed by atoms with van der Waals surface area (Å²) in [6.07, 6.45) is 1.49. The maximum Gasteiger partial charge on any atom is 0.355 e. The molecule has 146 valence electrons. The number of carbonyl (C=O) groups is 3. The molecule has 0 atom stereocenters. The van der Waals surface area contributed by atoms with Gasteiger partial charge in [-0.15, -0.1) is 0 Å². The molecule has 0 aromatic heterocycles.